The van der Waals surface area contributed by atoms with Gasteiger partial charge >= 0.3 is 6.03 Å². The van der Waals surface area contributed by atoms with E-state index >= 15 is 0 Å². The lowest BCUT2D eigenvalue weighted by atomic mass is 10.1. The smallest absolute Gasteiger partial charge is 0.325 e. The van der Waals surface area contributed by atoms with Crippen LogP contribution < -0.4 is 5.32 Å². The standard InChI is InChI=1S/C13H18N4O4/c1-8(2)10-4-9(15-21-10)6-16(3)12(19)7-17-11(18)5-14-13(17)20/h4,8H,5-7H2,1-3H3,(H,14,20). The Morgan fingerprint density at radius 1 is 1.52 bits per heavy atom. The molecule has 0 saturated carbocycles. The molecule has 0 aliphatic carbocycles. The van der Waals surface area contributed by atoms with Crippen LogP contribution in [0.5, 0.6) is 0 Å². The number of hydrogen-bond donors (Lipinski definition) is 1. The molecular weight excluding hydrogens is 276 g/mol. The van der Waals surface area contributed by atoms with E-state index in [4.69, 9.17) is 4.52 Å². The van der Waals surface area contributed by atoms with Gasteiger partial charge < -0.3 is 14.7 Å². The number of rotatable bonds is 5. The van der Waals surface area contributed by atoms with Crippen LogP contribution in [0.25, 0.3) is 0 Å². The van der Waals surface area contributed by atoms with Gasteiger partial charge in [0.1, 0.15) is 18.0 Å². The van der Waals surface area contributed by atoms with Crippen molar-refractivity contribution < 1.29 is 18.9 Å². The molecule has 2 rings (SSSR count). The maximum Gasteiger partial charge on any atom is 0.325 e. The predicted octanol–water partition coefficient (Wildman–Crippen LogP) is 0.308. The Labute approximate surface area is 122 Å². The van der Waals surface area contributed by atoms with Gasteiger partial charge in [-0.3, -0.25) is 14.5 Å². The minimum atomic E-state index is -0.537. The molecule has 4 amide bonds. The Kier molecular flexibility index (Phi) is 4.25. The normalized spacial score (nSPS) is 14.8. The van der Waals surface area contributed by atoms with Gasteiger partial charge in [0.2, 0.25) is 5.91 Å². The van der Waals surface area contributed by atoms with E-state index in [0.29, 0.717) is 5.69 Å². The summed E-state index contributed by atoms with van der Waals surface area (Å²) in [6, 6.07) is 1.26. The van der Waals surface area contributed by atoms with Gasteiger partial charge in [-0.1, -0.05) is 19.0 Å². The highest BCUT2D eigenvalue weighted by atomic mass is 16.5. The number of nitrogens with zero attached hydrogens (tertiary/aromatic N) is 3. The summed E-state index contributed by atoms with van der Waals surface area (Å²) < 4.78 is 5.16. The van der Waals surface area contributed by atoms with Crippen molar-refractivity contribution in [2.24, 2.45) is 0 Å². The fourth-order valence-electron chi connectivity index (χ4n) is 1.88. The van der Waals surface area contributed by atoms with Crippen molar-refractivity contribution in [1.29, 1.82) is 0 Å². The molecule has 0 aromatic carbocycles. The molecule has 1 N–H and O–H groups in total. The zero-order valence-electron chi connectivity index (χ0n) is 12.3. The van der Waals surface area contributed by atoms with Crippen LogP contribution >= 0.6 is 0 Å². The minimum Gasteiger partial charge on any atom is -0.361 e. The van der Waals surface area contributed by atoms with Gasteiger partial charge in [0.05, 0.1) is 13.1 Å². The van der Waals surface area contributed by atoms with Gasteiger partial charge in [0.15, 0.2) is 0 Å². The summed E-state index contributed by atoms with van der Waals surface area (Å²) in [5, 5.41) is 6.26. The van der Waals surface area contributed by atoms with E-state index in [-0.39, 0.29) is 31.5 Å². The summed E-state index contributed by atoms with van der Waals surface area (Å²) >= 11 is 0. The summed E-state index contributed by atoms with van der Waals surface area (Å²) in [4.78, 5) is 37.1. The minimum absolute atomic E-state index is 0.0587. The van der Waals surface area contributed by atoms with E-state index in [1.807, 2.05) is 13.8 Å². The lowest BCUT2D eigenvalue weighted by molar-refractivity contribution is -0.136. The second-order valence-electron chi connectivity index (χ2n) is 5.26. The second-order valence-corrected chi connectivity index (χ2v) is 5.26. The zero-order chi connectivity index (χ0) is 15.6. The molecule has 1 fully saturated rings. The molecule has 1 saturated heterocycles. The summed E-state index contributed by atoms with van der Waals surface area (Å²) in [7, 11) is 1.59. The van der Waals surface area contributed by atoms with Crippen LogP contribution in [0.1, 0.15) is 31.2 Å². The molecule has 0 radical (unpaired) electrons. The van der Waals surface area contributed by atoms with Gasteiger partial charge in [0.25, 0.3) is 5.91 Å². The van der Waals surface area contributed by atoms with Crippen molar-refractivity contribution in [1.82, 2.24) is 20.3 Å². The molecule has 8 nitrogen and oxygen atoms in total. The molecule has 0 unspecified atom stereocenters. The first-order valence-electron chi connectivity index (χ1n) is 6.66. The van der Waals surface area contributed by atoms with Crippen LogP contribution in [-0.2, 0) is 16.1 Å². The van der Waals surface area contributed by atoms with Crippen LogP contribution in [0.2, 0.25) is 0 Å². The second kappa shape index (κ2) is 5.94. The van der Waals surface area contributed by atoms with Crippen molar-refractivity contribution in [3.63, 3.8) is 0 Å². The number of hydrogen-bond acceptors (Lipinski definition) is 5. The SMILES string of the molecule is CC(C)c1cc(CN(C)C(=O)CN2C(=O)CNC2=O)no1. The third-order valence-electron chi connectivity index (χ3n) is 3.20. The molecule has 1 aliphatic rings. The first-order chi connectivity index (χ1) is 9.88. The number of nitrogens with one attached hydrogen (secondary N) is 1. The quantitative estimate of drug-likeness (QED) is 0.788. The Hall–Kier alpha value is -2.38. The van der Waals surface area contributed by atoms with E-state index in [0.717, 1.165) is 10.7 Å². The lowest BCUT2D eigenvalue weighted by Crippen LogP contribution is -2.41. The third-order valence-corrected chi connectivity index (χ3v) is 3.20. The van der Waals surface area contributed by atoms with Crippen molar-refractivity contribution >= 4 is 17.8 Å². The zero-order valence-corrected chi connectivity index (χ0v) is 12.3. The number of carbonyl (C=O) groups is 3. The summed E-state index contributed by atoms with van der Waals surface area (Å²) in [5.41, 5.74) is 0.631. The highest BCUT2D eigenvalue weighted by Gasteiger charge is 2.31. The number of likely N-dealkylation sites (N-methyl/N-ethyl adjacent to an activating group) is 1. The summed E-state index contributed by atoms with van der Waals surface area (Å²) in [5.74, 6) is 0.234. The largest absolute Gasteiger partial charge is 0.361 e. The van der Waals surface area contributed by atoms with Crippen molar-refractivity contribution in [3.8, 4) is 0 Å². The molecular formula is C13H18N4O4. The number of carbonyl (C=O) groups excluding carboxylic acids is 3. The van der Waals surface area contributed by atoms with Crippen LogP contribution in [0.3, 0.4) is 0 Å². The van der Waals surface area contributed by atoms with Gasteiger partial charge in [-0.2, -0.15) is 0 Å². The van der Waals surface area contributed by atoms with Gasteiger partial charge in [-0.25, -0.2) is 4.79 Å². The van der Waals surface area contributed by atoms with E-state index in [2.05, 4.69) is 10.5 Å². The monoisotopic (exact) mass is 294 g/mol. The molecule has 114 valence electrons. The topological polar surface area (TPSA) is 95.8 Å². The number of urea groups is 1. The van der Waals surface area contributed by atoms with Crippen molar-refractivity contribution in [2.75, 3.05) is 20.1 Å². The molecule has 2 heterocycles. The maximum absolute atomic E-state index is 12.0. The van der Waals surface area contributed by atoms with Gasteiger partial charge in [-0.05, 0) is 0 Å². The Morgan fingerprint density at radius 2 is 2.24 bits per heavy atom. The van der Waals surface area contributed by atoms with Crippen LogP contribution in [0.15, 0.2) is 10.6 Å². The molecule has 0 atom stereocenters. The molecule has 8 heteroatoms. The van der Waals surface area contributed by atoms with Gasteiger partial charge in [0, 0.05) is 19.0 Å². The molecule has 0 bridgehead atoms. The molecule has 0 spiro atoms. The average molecular weight is 294 g/mol. The summed E-state index contributed by atoms with van der Waals surface area (Å²) in [6.45, 7) is 3.90. The van der Waals surface area contributed by atoms with Gasteiger partial charge in [-0.15, -0.1) is 0 Å². The number of amides is 4. The number of aromatic nitrogens is 1. The van der Waals surface area contributed by atoms with E-state index in [1.165, 1.54) is 4.90 Å². The highest BCUT2D eigenvalue weighted by Crippen LogP contribution is 2.15. The van der Waals surface area contributed by atoms with E-state index < -0.39 is 11.9 Å². The van der Waals surface area contributed by atoms with E-state index in [9.17, 15) is 14.4 Å². The predicted molar refractivity (Wildman–Crippen MR) is 72.2 cm³/mol. The maximum atomic E-state index is 12.0. The molecule has 1 aromatic rings. The van der Waals surface area contributed by atoms with Crippen LogP contribution in [-0.4, -0.2) is 52.9 Å². The van der Waals surface area contributed by atoms with Crippen LogP contribution in [0.4, 0.5) is 4.79 Å². The lowest BCUT2D eigenvalue weighted by Gasteiger charge is -2.18. The molecule has 1 aromatic heterocycles. The number of imide groups is 1. The van der Waals surface area contributed by atoms with Crippen molar-refractivity contribution in [3.05, 3.63) is 17.5 Å². The molecule has 21 heavy (non-hydrogen) atoms. The van der Waals surface area contributed by atoms with Crippen LogP contribution in [0, 0.1) is 0 Å². The van der Waals surface area contributed by atoms with E-state index in [1.54, 1.807) is 13.1 Å². The summed E-state index contributed by atoms with van der Waals surface area (Å²) in [6.07, 6.45) is 0. The Bertz CT molecular complexity index is 550. The first kappa shape index (κ1) is 15.0. The Morgan fingerprint density at radius 3 is 2.76 bits per heavy atom. The Balaban J connectivity index is 1.93. The first-order valence-corrected chi connectivity index (χ1v) is 6.66. The third kappa shape index (κ3) is 3.39. The fourth-order valence-corrected chi connectivity index (χ4v) is 1.88. The highest BCUT2D eigenvalue weighted by molar-refractivity contribution is 6.04. The van der Waals surface area contributed by atoms with Crippen molar-refractivity contribution in [2.45, 2.75) is 26.3 Å². The molecule has 1 aliphatic heterocycles. The fraction of sp³-hybridized carbons (Fsp3) is 0.538. The average Bonchev–Trinajstić information content (AvgIpc) is 3.00.